The molecule has 35 heavy (non-hydrogen) atoms. The van der Waals surface area contributed by atoms with Crippen LogP contribution in [0.1, 0.15) is 0 Å². The predicted octanol–water partition coefficient (Wildman–Crippen LogP) is 3.57. The van der Waals surface area contributed by atoms with E-state index < -0.39 is 0 Å². The molecule has 2 aromatic carbocycles. The van der Waals surface area contributed by atoms with Crippen molar-refractivity contribution < 1.29 is 9.18 Å². The van der Waals surface area contributed by atoms with Crippen molar-refractivity contribution >= 4 is 40.1 Å². The van der Waals surface area contributed by atoms with Crippen molar-refractivity contribution in [3.05, 3.63) is 73.5 Å². The van der Waals surface area contributed by atoms with Gasteiger partial charge in [0.1, 0.15) is 17.7 Å². The number of carbonyl (C=O) groups is 1. The van der Waals surface area contributed by atoms with Crippen LogP contribution in [0.25, 0.3) is 16.9 Å². The third-order valence-corrected chi connectivity index (χ3v) is 5.92. The fourth-order valence-electron chi connectivity index (χ4n) is 4.00. The van der Waals surface area contributed by atoms with E-state index in [1.807, 2.05) is 24.3 Å². The molecule has 5 rings (SSSR count). The van der Waals surface area contributed by atoms with Gasteiger partial charge in [-0.05, 0) is 49.5 Å². The van der Waals surface area contributed by atoms with E-state index in [9.17, 15) is 9.18 Å². The lowest BCUT2D eigenvalue weighted by atomic mass is 10.2. The number of piperazine rings is 1. The summed E-state index contributed by atoms with van der Waals surface area (Å²) in [4.78, 5) is 29.2. The van der Waals surface area contributed by atoms with Crippen LogP contribution in [-0.2, 0) is 4.79 Å². The molecule has 0 radical (unpaired) electrons. The highest BCUT2D eigenvalue weighted by molar-refractivity contribution is 5.99. The number of nitrogens with zero attached hydrogens (tertiary/aromatic N) is 6. The number of amides is 1. The average Bonchev–Trinajstić information content (AvgIpc) is 3.28. The summed E-state index contributed by atoms with van der Waals surface area (Å²) in [6.07, 6.45) is 4.46. The smallest absolute Gasteiger partial charge is 0.247 e. The molecule has 2 aromatic heterocycles. The molecule has 3 heterocycles. The molecule has 178 valence electrons. The van der Waals surface area contributed by atoms with Gasteiger partial charge in [0.2, 0.25) is 11.9 Å². The lowest BCUT2D eigenvalue weighted by Gasteiger charge is -2.34. The number of anilines is 4. The van der Waals surface area contributed by atoms with Crippen LogP contribution in [0.2, 0.25) is 0 Å². The number of halogens is 1. The Labute approximate surface area is 201 Å². The van der Waals surface area contributed by atoms with Gasteiger partial charge in [0.05, 0.1) is 17.6 Å². The molecular formula is C25H25FN8O. The first kappa shape index (κ1) is 22.5. The fourth-order valence-corrected chi connectivity index (χ4v) is 4.00. The van der Waals surface area contributed by atoms with Crippen molar-refractivity contribution in [1.29, 1.82) is 0 Å². The van der Waals surface area contributed by atoms with E-state index in [1.54, 1.807) is 29.2 Å². The number of rotatable bonds is 6. The second-order valence-electron chi connectivity index (χ2n) is 8.34. The Morgan fingerprint density at radius 3 is 2.69 bits per heavy atom. The lowest BCUT2D eigenvalue weighted by Crippen LogP contribution is -2.44. The zero-order chi connectivity index (χ0) is 24.4. The number of hydrogen-bond donors (Lipinski definition) is 2. The molecule has 9 nitrogen and oxygen atoms in total. The third kappa shape index (κ3) is 4.82. The first-order valence-electron chi connectivity index (χ1n) is 11.2. The van der Waals surface area contributed by atoms with Gasteiger partial charge in [0.25, 0.3) is 0 Å². The maximum Gasteiger partial charge on any atom is 0.247 e. The van der Waals surface area contributed by atoms with E-state index >= 15 is 0 Å². The van der Waals surface area contributed by atoms with Crippen molar-refractivity contribution in [3.8, 4) is 5.69 Å². The van der Waals surface area contributed by atoms with Crippen molar-refractivity contribution in [2.75, 3.05) is 48.8 Å². The van der Waals surface area contributed by atoms with Crippen LogP contribution in [0, 0.1) is 5.82 Å². The van der Waals surface area contributed by atoms with Gasteiger partial charge in [0, 0.05) is 37.6 Å². The number of likely N-dealkylation sites (N-methyl/N-ethyl adjacent to an activating group) is 1. The van der Waals surface area contributed by atoms with E-state index in [0.29, 0.717) is 34.2 Å². The molecule has 2 N–H and O–H groups in total. The molecule has 10 heteroatoms. The first-order chi connectivity index (χ1) is 17.0. The summed E-state index contributed by atoms with van der Waals surface area (Å²) in [6, 6.07) is 12.4. The van der Waals surface area contributed by atoms with Crippen LogP contribution in [0.4, 0.5) is 27.4 Å². The van der Waals surface area contributed by atoms with Crippen LogP contribution in [0.15, 0.2) is 67.6 Å². The molecule has 1 fully saturated rings. The second kappa shape index (κ2) is 9.51. The topological polar surface area (TPSA) is 91.2 Å². The molecule has 1 aliphatic heterocycles. The largest absolute Gasteiger partial charge is 0.367 e. The Hall–Kier alpha value is -4.31. The van der Waals surface area contributed by atoms with Gasteiger partial charge in [-0.3, -0.25) is 9.36 Å². The third-order valence-electron chi connectivity index (χ3n) is 5.92. The summed E-state index contributed by atoms with van der Waals surface area (Å²) >= 11 is 0. The summed E-state index contributed by atoms with van der Waals surface area (Å²) in [5.41, 5.74) is 3.72. The Kier molecular flexibility index (Phi) is 6.11. The van der Waals surface area contributed by atoms with Gasteiger partial charge < -0.3 is 20.4 Å². The predicted molar refractivity (Wildman–Crippen MR) is 135 cm³/mol. The number of hydrogen-bond acceptors (Lipinski definition) is 7. The maximum atomic E-state index is 14.9. The van der Waals surface area contributed by atoms with E-state index in [0.717, 1.165) is 31.9 Å². The average molecular weight is 473 g/mol. The number of carbonyl (C=O) groups excluding carboxylic acids is 1. The molecule has 0 atom stereocenters. The van der Waals surface area contributed by atoms with Gasteiger partial charge >= 0.3 is 0 Å². The second-order valence-corrected chi connectivity index (χ2v) is 8.34. The zero-order valence-electron chi connectivity index (χ0n) is 19.3. The van der Waals surface area contributed by atoms with Gasteiger partial charge in [-0.25, -0.2) is 14.4 Å². The van der Waals surface area contributed by atoms with E-state index in [-0.39, 0.29) is 11.7 Å². The highest BCUT2D eigenvalue weighted by atomic mass is 19.1. The number of fused-ring (bicyclic) bond motifs is 1. The quantitative estimate of drug-likeness (QED) is 0.415. The number of benzene rings is 2. The Bertz CT molecular complexity index is 1390. The van der Waals surface area contributed by atoms with Gasteiger partial charge in [-0.15, -0.1) is 0 Å². The molecule has 1 amide bonds. The van der Waals surface area contributed by atoms with Gasteiger partial charge in [-0.1, -0.05) is 12.6 Å². The fraction of sp³-hybridized carbons (Fsp3) is 0.200. The minimum Gasteiger partial charge on any atom is -0.367 e. The lowest BCUT2D eigenvalue weighted by molar-refractivity contribution is -0.111. The van der Waals surface area contributed by atoms with Crippen molar-refractivity contribution in [2.45, 2.75) is 0 Å². The molecule has 1 aliphatic rings. The summed E-state index contributed by atoms with van der Waals surface area (Å²) in [6.45, 7) is 6.87. The van der Waals surface area contributed by atoms with Crippen LogP contribution < -0.4 is 15.5 Å². The highest BCUT2D eigenvalue weighted by Gasteiger charge is 2.18. The number of nitrogens with one attached hydrogen (secondary N) is 2. The van der Waals surface area contributed by atoms with E-state index in [2.05, 4.69) is 49.0 Å². The SMILES string of the molecule is C=CC(=O)Nc1cccc(-n2cnc3cnc(Nc4ccc(N5CCN(C)CC5)c(F)c4)nc32)c1. The monoisotopic (exact) mass is 472 g/mol. The van der Waals surface area contributed by atoms with Crippen LogP contribution in [-0.4, -0.2) is 63.6 Å². The molecule has 0 unspecified atom stereocenters. The molecular weight excluding hydrogens is 447 g/mol. The Morgan fingerprint density at radius 2 is 1.91 bits per heavy atom. The number of imidazole rings is 1. The summed E-state index contributed by atoms with van der Waals surface area (Å²) < 4.78 is 16.7. The molecule has 0 aliphatic carbocycles. The molecule has 1 saturated heterocycles. The van der Waals surface area contributed by atoms with Gasteiger partial charge in [0.15, 0.2) is 5.65 Å². The molecule has 0 spiro atoms. The first-order valence-corrected chi connectivity index (χ1v) is 11.2. The molecule has 0 saturated carbocycles. The zero-order valence-corrected chi connectivity index (χ0v) is 19.3. The minimum atomic E-state index is -0.294. The Balaban J connectivity index is 1.38. The normalized spacial score (nSPS) is 14.2. The van der Waals surface area contributed by atoms with Crippen LogP contribution in [0.3, 0.4) is 0 Å². The summed E-state index contributed by atoms with van der Waals surface area (Å²) in [5, 5.41) is 5.83. The van der Waals surface area contributed by atoms with Crippen molar-refractivity contribution in [1.82, 2.24) is 24.4 Å². The standard InChI is InChI=1S/C25H25FN8O/c1-3-23(35)29-17-5-4-6-19(13-17)34-16-28-21-15-27-25(31-24(21)34)30-18-7-8-22(20(26)14-18)33-11-9-32(2)10-12-33/h3-8,13-16H,1,9-12H2,2H3,(H,29,35)(H,27,30,31). The minimum absolute atomic E-state index is 0.288. The number of aromatic nitrogens is 4. The van der Waals surface area contributed by atoms with Crippen molar-refractivity contribution in [3.63, 3.8) is 0 Å². The van der Waals surface area contributed by atoms with Crippen LogP contribution >= 0.6 is 0 Å². The summed E-state index contributed by atoms with van der Waals surface area (Å²) in [7, 11) is 2.07. The Morgan fingerprint density at radius 1 is 1.09 bits per heavy atom. The molecule has 0 bridgehead atoms. The highest BCUT2D eigenvalue weighted by Crippen LogP contribution is 2.26. The van der Waals surface area contributed by atoms with Crippen LogP contribution in [0.5, 0.6) is 0 Å². The summed E-state index contributed by atoms with van der Waals surface area (Å²) in [5.74, 6) is -0.261. The van der Waals surface area contributed by atoms with E-state index in [1.165, 1.54) is 12.1 Å². The van der Waals surface area contributed by atoms with E-state index in [4.69, 9.17) is 0 Å². The maximum absolute atomic E-state index is 14.9. The van der Waals surface area contributed by atoms with Crippen molar-refractivity contribution in [2.24, 2.45) is 0 Å². The molecule has 4 aromatic rings. The van der Waals surface area contributed by atoms with Gasteiger partial charge in [-0.2, -0.15) is 4.98 Å².